The van der Waals surface area contributed by atoms with Crippen molar-refractivity contribution in [2.75, 3.05) is 0 Å². The normalized spacial score (nSPS) is 55.9. The fourth-order valence-corrected chi connectivity index (χ4v) is 11.0. The largest absolute Gasteiger partial charge is 0.461 e. The topological polar surface area (TPSA) is 46.5 Å². The summed E-state index contributed by atoms with van der Waals surface area (Å²) in [5.74, 6) is 1.69. The lowest BCUT2D eigenvalue weighted by molar-refractivity contribution is -0.202. The number of fused-ring (bicyclic) bond motifs is 7. The molecule has 1 heterocycles. The molecule has 9 atom stereocenters. The molecule has 6 aliphatic rings. The second-order valence-corrected chi connectivity index (χ2v) is 15.2. The van der Waals surface area contributed by atoms with Crippen molar-refractivity contribution in [1.82, 2.24) is 0 Å². The number of carbonyl (C=O) groups is 1. The molecule has 1 spiro atoms. The van der Waals surface area contributed by atoms with Crippen LogP contribution in [0.4, 0.5) is 0 Å². The lowest BCUT2D eigenvalue weighted by Gasteiger charge is -2.70. The molecule has 3 nitrogen and oxygen atoms in total. The van der Waals surface area contributed by atoms with Crippen molar-refractivity contribution < 1.29 is 14.6 Å². The van der Waals surface area contributed by atoms with Gasteiger partial charge in [-0.25, -0.2) is 0 Å². The minimum Gasteiger partial charge on any atom is -0.461 e. The summed E-state index contributed by atoms with van der Waals surface area (Å²) in [5.41, 5.74) is 2.11. The van der Waals surface area contributed by atoms with Crippen LogP contribution in [0.15, 0.2) is 11.6 Å². The van der Waals surface area contributed by atoms with Crippen LogP contribution in [0.5, 0.6) is 0 Å². The van der Waals surface area contributed by atoms with Gasteiger partial charge in [0.05, 0.1) is 11.5 Å². The van der Waals surface area contributed by atoms with E-state index < -0.39 is 0 Å². The van der Waals surface area contributed by atoms with E-state index in [4.69, 9.17) is 4.74 Å². The van der Waals surface area contributed by atoms with Crippen molar-refractivity contribution in [3.8, 4) is 0 Å². The standard InChI is InChI=1S/C30H46O3/c1-25(2)16-19-18-8-9-21-27(5)12-11-22(31)26(3,4)20(27)10-13-29(21,7)28(18,6)14-15-30(19)17-23(25)33-24(30)32/h8,19-23,31H,9-17H2,1-7H3/t19-,20+,21-,22+,23+,27+,28-,29-,30-/m1/s1. The number of aliphatic hydroxyl groups excluding tert-OH is 1. The quantitative estimate of drug-likeness (QED) is 0.328. The summed E-state index contributed by atoms with van der Waals surface area (Å²) in [4.78, 5) is 13.3. The third kappa shape index (κ3) is 2.44. The number of hydrogen-bond donors (Lipinski definition) is 1. The van der Waals surface area contributed by atoms with Crippen LogP contribution in [-0.2, 0) is 9.53 Å². The highest BCUT2D eigenvalue weighted by molar-refractivity contribution is 5.81. The average molecular weight is 455 g/mol. The molecule has 0 unspecified atom stereocenters. The van der Waals surface area contributed by atoms with E-state index in [1.165, 1.54) is 12.8 Å². The van der Waals surface area contributed by atoms with Gasteiger partial charge in [0.15, 0.2) is 0 Å². The zero-order chi connectivity index (χ0) is 23.8. The van der Waals surface area contributed by atoms with Gasteiger partial charge in [-0.3, -0.25) is 4.79 Å². The fourth-order valence-electron chi connectivity index (χ4n) is 11.0. The maximum Gasteiger partial charge on any atom is 0.313 e. The second kappa shape index (κ2) is 6.29. The van der Waals surface area contributed by atoms with Crippen LogP contribution in [-0.4, -0.2) is 23.3 Å². The van der Waals surface area contributed by atoms with E-state index >= 15 is 0 Å². The van der Waals surface area contributed by atoms with Gasteiger partial charge in [0.25, 0.3) is 0 Å². The second-order valence-electron chi connectivity index (χ2n) is 15.2. The Morgan fingerprint density at radius 2 is 1.64 bits per heavy atom. The van der Waals surface area contributed by atoms with Crippen LogP contribution in [0.25, 0.3) is 0 Å². The molecule has 3 heteroatoms. The first-order valence-electron chi connectivity index (χ1n) is 13.8. The Morgan fingerprint density at radius 3 is 2.36 bits per heavy atom. The molecule has 1 saturated heterocycles. The van der Waals surface area contributed by atoms with Crippen LogP contribution in [0, 0.1) is 50.2 Å². The number of allylic oxidation sites excluding steroid dienone is 2. The van der Waals surface area contributed by atoms with Gasteiger partial charge in [-0.1, -0.05) is 60.1 Å². The van der Waals surface area contributed by atoms with Gasteiger partial charge in [-0.15, -0.1) is 0 Å². The molecule has 6 rings (SSSR count). The molecule has 33 heavy (non-hydrogen) atoms. The molecule has 0 radical (unpaired) electrons. The van der Waals surface area contributed by atoms with Crippen molar-refractivity contribution in [2.24, 2.45) is 50.2 Å². The minimum atomic E-state index is -0.257. The number of esters is 1. The third-order valence-electron chi connectivity index (χ3n) is 13.4. The molecule has 0 aromatic heterocycles. The van der Waals surface area contributed by atoms with Crippen LogP contribution >= 0.6 is 0 Å². The van der Waals surface area contributed by atoms with E-state index in [9.17, 15) is 9.90 Å². The summed E-state index contributed by atoms with van der Waals surface area (Å²) in [6.45, 7) is 17.1. The smallest absolute Gasteiger partial charge is 0.313 e. The van der Waals surface area contributed by atoms with Gasteiger partial charge in [0.2, 0.25) is 0 Å². The first-order chi connectivity index (χ1) is 15.2. The molecular weight excluding hydrogens is 408 g/mol. The molecule has 5 aliphatic carbocycles. The summed E-state index contributed by atoms with van der Waals surface area (Å²) >= 11 is 0. The van der Waals surface area contributed by atoms with Crippen molar-refractivity contribution in [3.05, 3.63) is 11.6 Å². The first kappa shape index (κ1) is 22.6. The highest BCUT2D eigenvalue weighted by Crippen LogP contribution is 2.76. The van der Waals surface area contributed by atoms with Crippen molar-refractivity contribution in [2.45, 2.75) is 118 Å². The van der Waals surface area contributed by atoms with Gasteiger partial charge in [0.1, 0.15) is 6.10 Å². The average Bonchev–Trinajstić information content (AvgIpc) is 3.03. The Morgan fingerprint density at radius 1 is 0.909 bits per heavy atom. The van der Waals surface area contributed by atoms with Gasteiger partial charge >= 0.3 is 5.97 Å². The van der Waals surface area contributed by atoms with Crippen LogP contribution in [0.3, 0.4) is 0 Å². The molecule has 5 fully saturated rings. The lowest BCUT2D eigenvalue weighted by atomic mass is 9.33. The van der Waals surface area contributed by atoms with E-state index in [0.29, 0.717) is 17.8 Å². The zero-order valence-corrected chi connectivity index (χ0v) is 22.1. The Balaban J connectivity index is 1.44. The van der Waals surface area contributed by atoms with Crippen molar-refractivity contribution in [3.63, 3.8) is 0 Å². The Hall–Kier alpha value is -0.830. The van der Waals surface area contributed by atoms with Crippen LogP contribution in [0.1, 0.15) is 106 Å². The number of hydrogen-bond acceptors (Lipinski definition) is 3. The molecule has 0 aromatic carbocycles. The Kier molecular flexibility index (Phi) is 4.31. The van der Waals surface area contributed by atoms with Gasteiger partial charge in [0, 0.05) is 11.8 Å². The van der Waals surface area contributed by atoms with Crippen molar-refractivity contribution >= 4 is 5.97 Å². The van der Waals surface area contributed by atoms with Gasteiger partial charge in [-0.05, 0) is 90.8 Å². The number of rotatable bonds is 0. The predicted octanol–water partition coefficient (Wildman–Crippen LogP) is 6.68. The SMILES string of the molecule is CC1(C)C[C@@H]2C3=CC[C@@H]4[C@@]5(C)CC[C@H](O)C(C)(C)[C@@H]5CC[C@@]4(C)[C@]3(C)CC[C@@]23C[C@@H]1OC3=O. The van der Waals surface area contributed by atoms with Crippen LogP contribution in [0.2, 0.25) is 0 Å². The van der Waals surface area contributed by atoms with Crippen LogP contribution < -0.4 is 0 Å². The monoisotopic (exact) mass is 454 g/mol. The molecule has 1 N–H and O–H groups in total. The van der Waals surface area contributed by atoms with Gasteiger partial charge < -0.3 is 9.84 Å². The first-order valence-corrected chi connectivity index (χ1v) is 13.8. The van der Waals surface area contributed by atoms with E-state index in [-0.39, 0.29) is 50.7 Å². The fraction of sp³-hybridized carbons (Fsp3) is 0.900. The molecule has 0 aromatic rings. The maximum absolute atomic E-state index is 13.3. The van der Waals surface area contributed by atoms with Crippen molar-refractivity contribution in [1.29, 1.82) is 0 Å². The Bertz CT molecular complexity index is 931. The van der Waals surface area contributed by atoms with E-state index in [1.54, 1.807) is 5.57 Å². The zero-order valence-electron chi connectivity index (χ0n) is 22.1. The summed E-state index contributed by atoms with van der Waals surface area (Å²) in [6, 6.07) is 0. The molecule has 2 bridgehead atoms. The number of aliphatic hydroxyl groups is 1. The summed E-state index contributed by atoms with van der Waals surface area (Å²) in [7, 11) is 0. The number of ether oxygens (including phenoxy) is 1. The highest BCUT2D eigenvalue weighted by Gasteiger charge is 2.71. The Labute approximate surface area is 201 Å². The molecule has 4 saturated carbocycles. The molecule has 0 amide bonds. The summed E-state index contributed by atoms with van der Waals surface area (Å²) in [6.07, 6.45) is 12.4. The highest BCUT2D eigenvalue weighted by atomic mass is 16.6. The predicted molar refractivity (Wildman–Crippen MR) is 130 cm³/mol. The lowest BCUT2D eigenvalue weighted by Crippen LogP contribution is -2.64. The maximum atomic E-state index is 13.3. The molecule has 184 valence electrons. The molecule has 1 aliphatic heterocycles. The van der Waals surface area contributed by atoms with Gasteiger partial charge in [-0.2, -0.15) is 0 Å². The number of carbonyl (C=O) groups excluding carboxylic acids is 1. The van der Waals surface area contributed by atoms with E-state index in [0.717, 1.165) is 44.9 Å². The third-order valence-corrected chi connectivity index (χ3v) is 13.4. The van der Waals surface area contributed by atoms with E-state index in [1.807, 2.05) is 0 Å². The summed E-state index contributed by atoms with van der Waals surface area (Å²) < 4.78 is 6.03. The summed E-state index contributed by atoms with van der Waals surface area (Å²) in [5, 5.41) is 10.9. The minimum absolute atomic E-state index is 0.00807. The molecular formula is C30H46O3. The van der Waals surface area contributed by atoms with E-state index in [2.05, 4.69) is 54.5 Å².